The summed E-state index contributed by atoms with van der Waals surface area (Å²) in [4.78, 5) is 1.26. The predicted octanol–water partition coefficient (Wildman–Crippen LogP) is 2.70. The van der Waals surface area contributed by atoms with E-state index < -0.39 is 5.60 Å². The minimum absolute atomic E-state index is 0.305. The van der Waals surface area contributed by atoms with Gasteiger partial charge >= 0.3 is 0 Å². The molecule has 1 atom stereocenters. The van der Waals surface area contributed by atoms with Crippen LogP contribution in [0.3, 0.4) is 0 Å². The second kappa shape index (κ2) is 3.58. The monoisotopic (exact) mass is 184 g/mol. The Bertz CT molecular complexity index is 224. The van der Waals surface area contributed by atoms with Crippen molar-refractivity contribution in [3.05, 3.63) is 22.4 Å². The lowest BCUT2D eigenvalue weighted by Gasteiger charge is -2.26. The summed E-state index contributed by atoms with van der Waals surface area (Å²) in [5.41, 5.74) is -0.565. The highest BCUT2D eigenvalue weighted by molar-refractivity contribution is 7.09. The fourth-order valence-electron chi connectivity index (χ4n) is 0.970. The third-order valence-corrected chi connectivity index (χ3v) is 3.23. The molecule has 0 spiro atoms. The Morgan fingerprint density at radius 3 is 2.67 bits per heavy atom. The summed E-state index contributed by atoms with van der Waals surface area (Å²) >= 11 is 1.71. The first-order chi connectivity index (χ1) is 5.52. The maximum Gasteiger partial charge on any atom is 0.0690 e. The molecule has 0 aliphatic rings. The molecule has 0 aliphatic heterocycles. The lowest BCUT2D eigenvalue weighted by atomic mass is 9.89. The van der Waals surface area contributed by atoms with Crippen LogP contribution >= 0.6 is 11.3 Å². The number of aliphatic hydroxyl groups is 1. The molecule has 0 bridgehead atoms. The topological polar surface area (TPSA) is 20.2 Å². The van der Waals surface area contributed by atoms with Gasteiger partial charge in [0.25, 0.3) is 0 Å². The molecule has 12 heavy (non-hydrogen) atoms. The van der Waals surface area contributed by atoms with E-state index in [-0.39, 0.29) is 0 Å². The third-order valence-electron chi connectivity index (χ3n) is 2.36. The molecular formula is C10H16OS. The van der Waals surface area contributed by atoms with Gasteiger partial charge in [-0.2, -0.15) is 0 Å². The number of thiophene rings is 1. The Morgan fingerprint density at radius 1 is 1.58 bits per heavy atom. The fourth-order valence-corrected chi connectivity index (χ4v) is 1.83. The Hall–Kier alpha value is -0.340. The van der Waals surface area contributed by atoms with Gasteiger partial charge in [0.1, 0.15) is 0 Å². The molecule has 1 heterocycles. The first-order valence-electron chi connectivity index (χ1n) is 4.27. The fraction of sp³-hybridized carbons (Fsp3) is 0.600. The molecule has 0 radical (unpaired) electrons. The van der Waals surface area contributed by atoms with Gasteiger partial charge in [0.05, 0.1) is 5.60 Å². The highest BCUT2D eigenvalue weighted by Crippen LogP contribution is 2.23. The van der Waals surface area contributed by atoms with Gasteiger partial charge in [0, 0.05) is 11.3 Å². The SMILES string of the molecule is CC(C)C(C)(O)Cc1cccs1. The van der Waals surface area contributed by atoms with E-state index in [0.29, 0.717) is 5.92 Å². The zero-order chi connectivity index (χ0) is 9.19. The van der Waals surface area contributed by atoms with Crippen molar-refractivity contribution in [2.45, 2.75) is 32.8 Å². The Kier molecular flexibility index (Phi) is 2.91. The standard InChI is InChI=1S/C10H16OS/c1-8(2)10(3,11)7-9-5-4-6-12-9/h4-6,8,11H,7H2,1-3H3. The van der Waals surface area contributed by atoms with Crippen molar-refractivity contribution in [2.24, 2.45) is 5.92 Å². The summed E-state index contributed by atoms with van der Waals surface area (Å²) < 4.78 is 0. The van der Waals surface area contributed by atoms with E-state index in [2.05, 4.69) is 6.07 Å². The minimum Gasteiger partial charge on any atom is -0.390 e. The number of hydrogen-bond acceptors (Lipinski definition) is 2. The highest BCUT2D eigenvalue weighted by atomic mass is 32.1. The predicted molar refractivity (Wildman–Crippen MR) is 53.5 cm³/mol. The molecular weight excluding hydrogens is 168 g/mol. The molecule has 0 aliphatic carbocycles. The summed E-state index contributed by atoms with van der Waals surface area (Å²) in [5, 5.41) is 12.0. The largest absolute Gasteiger partial charge is 0.390 e. The van der Waals surface area contributed by atoms with Crippen LogP contribution in [0.15, 0.2) is 17.5 Å². The van der Waals surface area contributed by atoms with E-state index in [1.165, 1.54) is 4.88 Å². The van der Waals surface area contributed by atoms with Crippen molar-refractivity contribution in [3.8, 4) is 0 Å². The zero-order valence-corrected chi connectivity index (χ0v) is 8.69. The van der Waals surface area contributed by atoms with Crippen molar-refractivity contribution in [1.82, 2.24) is 0 Å². The summed E-state index contributed by atoms with van der Waals surface area (Å²) in [6.45, 7) is 6.00. The van der Waals surface area contributed by atoms with E-state index in [4.69, 9.17) is 0 Å². The molecule has 0 saturated heterocycles. The van der Waals surface area contributed by atoms with Crippen LogP contribution in [-0.2, 0) is 6.42 Å². The van der Waals surface area contributed by atoms with Gasteiger partial charge in [-0.05, 0) is 24.3 Å². The molecule has 0 amide bonds. The molecule has 1 aromatic heterocycles. The lowest BCUT2D eigenvalue weighted by Crippen LogP contribution is -2.33. The zero-order valence-electron chi connectivity index (χ0n) is 7.87. The van der Waals surface area contributed by atoms with E-state index in [1.807, 2.05) is 32.2 Å². The quantitative estimate of drug-likeness (QED) is 0.765. The Labute approximate surface area is 78.1 Å². The number of rotatable bonds is 3. The van der Waals surface area contributed by atoms with Crippen molar-refractivity contribution in [3.63, 3.8) is 0 Å². The summed E-state index contributed by atoms with van der Waals surface area (Å²) in [6.07, 6.45) is 0.766. The first kappa shape index (κ1) is 9.75. The van der Waals surface area contributed by atoms with Crippen LogP contribution in [0.5, 0.6) is 0 Å². The van der Waals surface area contributed by atoms with E-state index in [1.54, 1.807) is 11.3 Å². The summed E-state index contributed by atoms with van der Waals surface area (Å²) in [7, 11) is 0. The van der Waals surface area contributed by atoms with Crippen molar-refractivity contribution in [1.29, 1.82) is 0 Å². The molecule has 1 rings (SSSR count). The molecule has 1 unspecified atom stereocenters. The van der Waals surface area contributed by atoms with Crippen LogP contribution in [0.2, 0.25) is 0 Å². The van der Waals surface area contributed by atoms with Gasteiger partial charge in [-0.25, -0.2) is 0 Å². The summed E-state index contributed by atoms with van der Waals surface area (Å²) in [6, 6.07) is 4.10. The van der Waals surface area contributed by atoms with Gasteiger partial charge < -0.3 is 5.11 Å². The minimum atomic E-state index is -0.565. The van der Waals surface area contributed by atoms with E-state index in [9.17, 15) is 5.11 Å². The van der Waals surface area contributed by atoms with Gasteiger partial charge in [-0.1, -0.05) is 19.9 Å². The molecule has 0 aromatic carbocycles. The molecule has 2 heteroatoms. The van der Waals surface area contributed by atoms with Gasteiger partial charge in [0.15, 0.2) is 0 Å². The van der Waals surface area contributed by atoms with Gasteiger partial charge in [-0.15, -0.1) is 11.3 Å². The van der Waals surface area contributed by atoms with Crippen molar-refractivity contribution >= 4 is 11.3 Å². The van der Waals surface area contributed by atoms with Crippen LogP contribution in [0, 0.1) is 5.92 Å². The molecule has 0 fully saturated rings. The average Bonchev–Trinajstić information content (AvgIpc) is 2.38. The molecule has 68 valence electrons. The highest BCUT2D eigenvalue weighted by Gasteiger charge is 2.25. The molecule has 0 saturated carbocycles. The van der Waals surface area contributed by atoms with Crippen LogP contribution in [0.4, 0.5) is 0 Å². The normalized spacial score (nSPS) is 16.4. The second-order valence-corrected chi connectivity index (χ2v) is 4.80. The van der Waals surface area contributed by atoms with Gasteiger partial charge in [0.2, 0.25) is 0 Å². The summed E-state index contributed by atoms with van der Waals surface area (Å²) in [5.74, 6) is 0.305. The van der Waals surface area contributed by atoms with E-state index in [0.717, 1.165) is 6.42 Å². The molecule has 1 nitrogen and oxygen atoms in total. The third kappa shape index (κ3) is 2.32. The van der Waals surface area contributed by atoms with Crippen LogP contribution < -0.4 is 0 Å². The number of hydrogen-bond donors (Lipinski definition) is 1. The van der Waals surface area contributed by atoms with E-state index >= 15 is 0 Å². The smallest absolute Gasteiger partial charge is 0.0690 e. The molecule has 1 aromatic rings. The van der Waals surface area contributed by atoms with Gasteiger partial charge in [-0.3, -0.25) is 0 Å². The second-order valence-electron chi connectivity index (χ2n) is 3.77. The Morgan fingerprint density at radius 2 is 2.25 bits per heavy atom. The maximum atomic E-state index is 9.97. The maximum absolute atomic E-state index is 9.97. The average molecular weight is 184 g/mol. The lowest BCUT2D eigenvalue weighted by molar-refractivity contribution is 0.0147. The van der Waals surface area contributed by atoms with Crippen LogP contribution in [0.25, 0.3) is 0 Å². The van der Waals surface area contributed by atoms with Crippen molar-refractivity contribution < 1.29 is 5.11 Å². The van der Waals surface area contributed by atoms with Crippen LogP contribution in [0.1, 0.15) is 25.6 Å². The van der Waals surface area contributed by atoms with Crippen molar-refractivity contribution in [2.75, 3.05) is 0 Å². The molecule has 1 N–H and O–H groups in total. The van der Waals surface area contributed by atoms with Crippen LogP contribution in [-0.4, -0.2) is 10.7 Å². The first-order valence-corrected chi connectivity index (χ1v) is 5.15. The Balaban J connectivity index is 2.62.